The van der Waals surface area contributed by atoms with Crippen molar-refractivity contribution in [1.82, 2.24) is 0 Å². The highest BCUT2D eigenvalue weighted by molar-refractivity contribution is 9.10. The Morgan fingerprint density at radius 2 is 2.10 bits per heavy atom. The molecule has 0 bridgehead atoms. The van der Waals surface area contributed by atoms with Crippen LogP contribution in [0.2, 0.25) is 0 Å². The van der Waals surface area contributed by atoms with Crippen molar-refractivity contribution in [3.05, 3.63) is 57.3 Å². The molecule has 0 saturated heterocycles. The zero-order valence-corrected chi connectivity index (χ0v) is 13.1. The number of amides is 1. The summed E-state index contributed by atoms with van der Waals surface area (Å²) < 4.78 is 14.6. The Morgan fingerprint density at radius 3 is 2.86 bits per heavy atom. The minimum Gasteiger partial charge on any atom is -0.398 e. The summed E-state index contributed by atoms with van der Waals surface area (Å²) in [5, 5.41) is 0. The first-order valence-corrected chi connectivity index (χ1v) is 7.42. The Labute approximate surface area is 130 Å². The molecule has 0 fully saturated rings. The number of carbonyl (C=O) groups is 1. The van der Waals surface area contributed by atoms with Crippen LogP contribution < -0.4 is 10.6 Å². The van der Waals surface area contributed by atoms with Crippen LogP contribution in [-0.2, 0) is 6.42 Å². The van der Waals surface area contributed by atoms with Crippen LogP contribution in [0.3, 0.4) is 0 Å². The molecule has 1 aliphatic heterocycles. The zero-order valence-electron chi connectivity index (χ0n) is 11.5. The Kier molecular flexibility index (Phi) is 3.45. The van der Waals surface area contributed by atoms with E-state index in [2.05, 4.69) is 15.9 Å². The maximum Gasteiger partial charge on any atom is 0.261 e. The number of hydrogen-bond donors (Lipinski definition) is 1. The Hall–Kier alpha value is -1.88. The average Bonchev–Trinajstić information content (AvgIpc) is 2.84. The number of aryl methyl sites for hydroxylation is 1. The molecule has 2 aromatic carbocycles. The van der Waals surface area contributed by atoms with Gasteiger partial charge in [0.25, 0.3) is 5.91 Å². The molecule has 108 valence electrons. The molecule has 1 aliphatic rings. The van der Waals surface area contributed by atoms with E-state index in [-0.39, 0.29) is 11.5 Å². The molecule has 0 saturated carbocycles. The van der Waals surface area contributed by atoms with Crippen LogP contribution in [0.1, 0.15) is 21.5 Å². The SMILES string of the molecule is Cc1cc2c(cc1N)N(C(=O)c1cc(Br)ccc1F)CC2. The average molecular weight is 349 g/mol. The van der Waals surface area contributed by atoms with E-state index in [1.807, 2.05) is 13.0 Å². The predicted molar refractivity (Wildman–Crippen MR) is 85.1 cm³/mol. The van der Waals surface area contributed by atoms with Gasteiger partial charge in [0.05, 0.1) is 5.56 Å². The monoisotopic (exact) mass is 348 g/mol. The second-order valence-electron chi connectivity index (χ2n) is 5.17. The van der Waals surface area contributed by atoms with Gasteiger partial charge in [-0.1, -0.05) is 22.0 Å². The van der Waals surface area contributed by atoms with Crippen molar-refractivity contribution >= 4 is 33.2 Å². The second kappa shape index (κ2) is 5.15. The molecular formula is C16H14BrFN2O. The molecule has 0 radical (unpaired) electrons. The van der Waals surface area contributed by atoms with Gasteiger partial charge in [0.1, 0.15) is 5.82 Å². The zero-order chi connectivity index (χ0) is 15.1. The number of carbonyl (C=O) groups excluding carboxylic acids is 1. The molecule has 3 rings (SSSR count). The fourth-order valence-corrected chi connectivity index (χ4v) is 2.96. The number of nitrogens with two attached hydrogens (primary N) is 1. The van der Waals surface area contributed by atoms with Crippen molar-refractivity contribution in [1.29, 1.82) is 0 Å². The van der Waals surface area contributed by atoms with Gasteiger partial charge < -0.3 is 10.6 Å². The molecule has 5 heteroatoms. The number of halogens is 2. The number of fused-ring (bicyclic) bond motifs is 1. The summed E-state index contributed by atoms with van der Waals surface area (Å²) in [4.78, 5) is 14.2. The standard InChI is InChI=1S/C16H14BrFN2O/c1-9-6-10-4-5-20(15(10)8-14(9)19)16(21)12-7-11(17)2-3-13(12)18/h2-3,6-8H,4-5,19H2,1H3. The largest absolute Gasteiger partial charge is 0.398 e. The molecule has 0 atom stereocenters. The van der Waals surface area contributed by atoms with Crippen molar-refractivity contribution in [2.75, 3.05) is 17.2 Å². The lowest BCUT2D eigenvalue weighted by Gasteiger charge is -2.18. The summed E-state index contributed by atoms with van der Waals surface area (Å²) in [6, 6.07) is 8.16. The fraction of sp³-hybridized carbons (Fsp3) is 0.188. The number of nitrogen functional groups attached to an aromatic ring is 1. The normalized spacial score (nSPS) is 13.4. The molecular weight excluding hydrogens is 335 g/mol. The summed E-state index contributed by atoms with van der Waals surface area (Å²) in [5.41, 5.74) is 9.49. The summed E-state index contributed by atoms with van der Waals surface area (Å²) in [6.07, 6.45) is 0.762. The first kappa shape index (κ1) is 14.1. The molecule has 21 heavy (non-hydrogen) atoms. The lowest BCUT2D eigenvalue weighted by Crippen LogP contribution is -2.29. The van der Waals surface area contributed by atoms with Crippen LogP contribution in [0.25, 0.3) is 0 Å². The molecule has 0 spiro atoms. The molecule has 1 amide bonds. The summed E-state index contributed by atoms with van der Waals surface area (Å²) in [6.45, 7) is 2.48. The maximum atomic E-state index is 13.9. The summed E-state index contributed by atoms with van der Waals surface area (Å²) in [5.74, 6) is -0.854. The van der Waals surface area contributed by atoms with E-state index < -0.39 is 5.82 Å². The molecule has 3 nitrogen and oxygen atoms in total. The van der Waals surface area contributed by atoms with Gasteiger partial charge in [-0.05, 0) is 48.7 Å². The lowest BCUT2D eigenvalue weighted by atomic mass is 10.1. The van der Waals surface area contributed by atoms with E-state index in [0.29, 0.717) is 16.7 Å². The Morgan fingerprint density at radius 1 is 1.33 bits per heavy atom. The van der Waals surface area contributed by atoms with Crippen molar-refractivity contribution in [2.24, 2.45) is 0 Å². The van der Waals surface area contributed by atoms with Crippen LogP contribution in [-0.4, -0.2) is 12.5 Å². The second-order valence-corrected chi connectivity index (χ2v) is 6.08. The van der Waals surface area contributed by atoms with Gasteiger partial charge >= 0.3 is 0 Å². The third kappa shape index (κ3) is 2.42. The van der Waals surface area contributed by atoms with Gasteiger partial charge in [0.15, 0.2) is 0 Å². The Bertz CT molecular complexity index is 745. The van der Waals surface area contributed by atoms with E-state index in [9.17, 15) is 9.18 Å². The minimum atomic E-state index is -0.517. The van der Waals surface area contributed by atoms with E-state index in [4.69, 9.17) is 5.73 Å². The van der Waals surface area contributed by atoms with Crippen LogP contribution in [0, 0.1) is 12.7 Å². The number of anilines is 2. The van der Waals surface area contributed by atoms with Gasteiger partial charge in [-0.25, -0.2) is 4.39 Å². The number of benzene rings is 2. The predicted octanol–water partition coefficient (Wildman–Crippen LogP) is 3.68. The highest BCUT2D eigenvalue weighted by atomic mass is 79.9. The van der Waals surface area contributed by atoms with Gasteiger partial charge in [-0.2, -0.15) is 0 Å². The van der Waals surface area contributed by atoms with E-state index in [1.165, 1.54) is 12.1 Å². The van der Waals surface area contributed by atoms with Crippen molar-refractivity contribution < 1.29 is 9.18 Å². The number of nitrogens with zero attached hydrogens (tertiary/aromatic N) is 1. The minimum absolute atomic E-state index is 0.0661. The van der Waals surface area contributed by atoms with Gasteiger partial charge in [0, 0.05) is 22.4 Å². The van der Waals surface area contributed by atoms with Crippen LogP contribution in [0.5, 0.6) is 0 Å². The summed E-state index contributed by atoms with van der Waals surface area (Å²) in [7, 11) is 0. The third-order valence-electron chi connectivity index (χ3n) is 3.77. The van der Waals surface area contributed by atoms with Crippen molar-refractivity contribution in [3.8, 4) is 0 Å². The van der Waals surface area contributed by atoms with Crippen molar-refractivity contribution in [2.45, 2.75) is 13.3 Å². The lowest BCUT2D eigenvalue weighted by molar-refractivity contribution is 0.0985. The van der Waals surface area contributed by atoms with Gasteiger partial charge in [0.2, 0.25) is 0 Å². The van der Waals surface area contributed by atoms with Crippen LogP contribution in [0.4, 0.5) is 15.8 Å². The maximum absolute atomic E-state index is 13.9. The molecule has 1 heterocycles. The van der Waals surface area contributed by atoms with Crippen molar-refractivity contribution in [3.63, 3.8) is 0 Å². The van der Waals surface area contributed by atoms with Gasteiger partial charge in [-0.15, -0.1) is 0 Å². The summed E-state index contributed by atoms with van der Waals surface area (Å²) >= 11 is 3.27. The number of hydrogen-bond acceptors (Lipinski definition) is 2. The smallest absolute Gasteiger partial charge is 0.261 e. The topological polar surface area (TPSA) is 46.3 Å². The first-order valence-electron chi connectivity index (χ1n) is 6.63. The van der Waals surface area contributed by atoms with Crippen LogP contribution in [0.15, 0.2) is 34.8 Å². The third-order valence-corrected chi connectivity index (χ3v) is 4.26. The van der Waals surface area contributed by atoms with Crippen LogP contribution >= 0.6 is 15.9 Å². The molecule has 0 unspecified atom stereocenters. The molecule has 0 aliphatic carbocycles. The number of rotatable bonds is 1. The van der Waals surface area contributed by atoms with E-state index in [0.717, 1.165) is 23.2 Å². The fourth-order valence-electron chi connectivity index (χ4n) is 2.59. The Balaban J connectivity index is 2.02. The molecule has 2 N–H and O–H groups in total. The molecule has 0 aromatic heterocycles. The first-order chi connectivity index (χ1) is 9.97. The van der Waals surface area contributed by atoms with Gasteiger partial charge in [-0.3, -0.25) is 4.79 Å². The quantitative estimate of drug-likeness (QED) is 0.799. The van der Waals surface area contributed by atoms with E-state index >= 15 is 0 Å². The highest BCUT2D eigenvalue weighted by Crippen LogP contribution is 2.33. The molecule has 2 aromatic rings. The van der Waals surface area contributed by atoms with E-state index in [1.54, 1.807) is 17.0 Å². The highest BCUT2D eigenvalue weighted by Gasteiger charge is 2.28.